The number of halogens is 4. The Hall–Kier alpha value is -0.0100. The molecule has 0 aliphatic heterocycles. The van der Waals surface area contributed by atoms with Gasteiger partial charge in [-0.15, -0.1) is 11.6 Å². The standard InChI is InChI=1S/C3H5ClF3NO2S/c4-1-2-8-11(9,10)3(5,6)7/h8H,1-2H2. The quantitative estimate of drug-likeness (QED) is 0.698. The van der Waals surface area contributed by atoms with Gasteiger partial charge in [0.05, 0.1) is 0 Å². The van der Waals surface area contributed by atoms with Crippen LogP contribution in [0, 0.1) is 0 Å². The van der Waals surface area contributed by atoms with Crippen LogP contribution in [0.25, 0.3) is 0 Å². The molecule has 0 bridgehead atoms. The Kier molecular flexibility index (Phi) is 3.59. The highest BCUT2D eigenvalue weighted by atomic mass is 35.5. The van der Waals surface area contributed by atoms with E-state index in [1.54, 1.807) is 0 Å². The monoisotopic (exact) mass is 211 g/mol. The maximum absolute atomic E-state index is 11.5. The SMILES string of the molecule is O=S(=O)(NCCCl)C(F)(F)F. The summed E-state index contributed by atoms with van der Waals surface area (Å²) in [6.45, 7) is -0.427. The van der Waals surface area contributed by atoms with Crippen molar-refractivity contribution in [3.05, 3.63) is 0 Å². The Morgan fingerprint density at radius 3 is 2.09 bits per heavy atom. The van der Waals surface area contributed by atoms with Crippen molar-refractivity contribution in [2.75, 3.05) is 12.4 Å². The number of hydrogen-bond acceptors (Lipinski definition) is 2. The first kappa shape index (κ1) is 11.0. The fourth-order valence-electron chi connectivity index (χ4n) is 0.255. The minimum Gasteiger partial charge on any atom is -0.206 e. The molecule has 0 aromatic heterocycles. The fraction of sp³-hybridized carbons (Fsp3) is 1.00. The third-order valence-electron chi connectivity index (χ3n) is 0.691. The predicted octanol–water partition coefficient (Wildman–Crippen LogP) is 0.664. The molecule has 0 unspecified atom stereocenters. The second-order valence-electron chi connectivity index (χ2n) is 1.53. The Morgan fingerprint density at radius 1 is 1.36 bits per heavy atom. The van der Waals surface area contributed by atoms with E-state index in [9.17, 15) is 21.6 Å². The molecule has 0 aliphatic carbocycles. The zero-order valence-corrected chi connectivity index (χ0v) is 6.72. The number of rotatable bonds is 3. The van der Waals surface area contributed by atoms with E-state index >= 15 is 0 Å². The maximum Gasteiger partial charge on any atom is 0.511 e. The van der Waals surface area contributed by atoms with E-state index in [1.807, 2.05) is 0 Å². The van der Waals surface area contributed by atoms with E-state index in [0.29, 0.717) is 0 Å². The van der Waals surface area contributed by atoms with E-state index in [0.717, 1.165) is 0 Å². The van der Waals surface area contributed by atoms with Crippen molar-refractivity contribution in [3.63, 3.8) is 0 Å². The molecule has 0 spiro atoms. The van der Waals surface area contributed by atoms with Crippen LogP contribution in [-0.4, -0.2) is 26.4 Å². The molecular weight excluding hydrogens is 207 g/mol. The summed E-state index contributed by atoms with van der Waals surface area (Å²) in [6.07, 6.45) is 0. The van der Waals surface area contributed by atoms with Crippen LogP contribution in [0.4, 0.5) is 13.2 Å². The Bertz CT molecular complexity index is 211. The van der Waals surface area contributed by atoms with Gasteiger partial charge >= 0.3 is 15.5 Å². The zero-order valence-electron chi connectivity index (χ0n) is 5.15. The summed E-state index contributed by atoms with van der Waals surface area (Å²) >= 11 is 4.96. The predicted molar refractivity (Wildman–Crippen MR) is 33.7 cm³/mol. The summed E-state index contributed by atoms with van der Waals surface area (Å²) < 4.78 is 55.9. The van der Waals surface area contributed by atoms with Crippen LogP contribution in [0.2, 0.25) is 0 Å². The number of nitrogens with one attached hydrogen (secondary N) is 1. The summed E-state index contributed by atoms with van der Waals surface area (Å²) in [5, 5.41) is 0. The van der Waals surface area contributed by atoms with Crippen LogP contribution >= 0.6 is 11.6 Å². The third kappa shape index (κ3) is 3.26. The molecule has 0 saturated heterocycles. The summed E-state index contributed by atoms with van der Waals surface area (Å²) in [6, 6.07) is 0. The molecule has 0 rings (SSSR count). The van der Waals surface area contributed by atoms with Crippen LogP contribution < -0.4 is 4.72 Å². The van der Waals surface area contributed by atoms with Crippen molar-refractivity contribution in [2.45, 2.75) is 5.51 Å². The van der Waals surface area contributed by atoms with E-state index in [4.69, 9.17) is 11.6 Å². The molecule has 3 nitrogen and oxygen atoms in total. The molecule has 0 radical (unpaired) electrons. The molecule has 0 atom stereocenters. The second-order valence-corrected chi connectivity index (χ2v) is 3.67. The van der Waals surface area contributed by atoms with E-state index < -0.39 is 22.1 Å². The van der Waals surface area contributed by atoms with Gasteiger partial charge in [0.25, 0.3) is 0 Å². The molecule has 11 heavy (non-hydrogen) atoms. The summed E-state index contributed by atoms with van der Waals surface area (Å²) in [5.74, 6) is -0.199. The first-order valence-electron chi connectivity index (χ1n) is 2.43. The minimum atomic E-state index is -5.25. The van der Waals surface area contributed by atoms with Crippen LogP contribution in [0.1, 0.15) is 0 Å². The largest absolute Gasteiger partial charge is 0.511 e. The van der Waals surface area contributed by atoms with Crippen LogP contribution in [0.5, 0.6) is 0 Å². The Balaban J connectivity index is 4.26. The summed E-state index contributed by atoms with van der Waals surface area (Å²) in [7, 11) is -5.19. The van der Waals surface area contributed by atoms with Gasteiger partial charge in [0.15, 0.2) is 0 Å². The summed E-state index contributed by atoms with van der Waals surface area (Å²) in [4.78, 5) is 0. The lowest BCUT2D eigenvalue weighted by Gasteiger charge is -2.07. The molecule has 68 valence electrons. The van der Waals surface area contributed by atoms with E-state index in [2.05, 4.69) is 0 Å². The first-order chi connectivity index (χ1) is 4.81. The molecule has 0 saturated carbocycles. The van der Waals surface area contributed by atoms with Crippen molar-refractivity contribution in [1.29, 1.82) is 0 Å². The highest BCUT2D eigenvalue weighted by molar-refractivity contribution is 7.90. The second kappa shape index (κ2) is 3.59. The third-order valence-corrected chi connectivity index (χ3v) is 2.07. The Labute approximate surface area is 66.6 Å². The molecule has 0 fully saturated rings. The van der Waals surface area contributed by atoms with Gasteiger partial charge in [-0.1, -0.05) is 0 Å². The zero-order chi connectivity index (χ0) is 9.12. The lowest BCUT2D eigenvalue weighted by atomic mass is 10.8. The minimum absolute atomic E-state index is 0.199. The van der Waals surface area contributed by atoms with Gasteiger partial charge in [0, 0.05) is 12.4 Å². The summed E-state index contributed by atoms with van der Waals surface area (Å²) in [5.41, 5.74) is -5.25. The lowest BCUT2D eigenvalue weighted by Crippen LogP contribution is -2.37. The topological polar surface area (TPSA) is 46.2 Å². The van der Waals surface area contributed by atoms with Crippen molar-refractivity contribution >= 4 is 21.6 Å². The molecule has 8 heteroatoms. The van der Waals surface area contributed by atoms with Gasteiger partial charge in [0.2, 0.25) is 0 Å². The van der Waals surface area contributed by atoms with Crippen molar-refractivity contribution < 1.29 is 21.6 Å². The highest BCUT2D eigenvalue weighted by Crippen LogP contribution is 2.21. The molecule has 0 aromatic rings. The van der Waals surface area contributed by atoms with Gasteiger partial charge < -0.3 is 0 Å². The molecule has 0 amide bonds. The van der Waals surface area contributed by atoms with Gasteiger partial charge in [-0.05, 0) is 0 Å². The van der Waals surface area contributed by atoms with Crippen molar-refractivity contribution in [1.82, 2.24) is 4.72 Å². The Morgan fingerprint density at radius 2 is 1.82 bits per heavy atom. The van der Waals surface area contributed by atoms with Crippen molar-refractivity contribution in [3.8, 4) is 0 Å². The van der Waals surface area contributed by atoms with Crippen LogP contribution in [0.3, 0.4) is 0 Å². The average molecular weight is 212 g/mol. The van der Waals surface area contributed by atoms with Crippen LogP contribution in [-0.2, 0) is 10.0 Å². The van der Waals surface area contributed by atoms with E-state index in [1.165, 1.54) is 4.72 Å². The highest BCUT2D eigenvalue weighted by Gasteiger charge is 2.45. The van der Waals surface area contributed by atoms with Gasteiger partial charge in [-0.3, -0.25) is 0 Å². The molecule has 1 N–H and O–H groups in total. The molecule has 0 aliphatic rings. The normalized spacial score (nSPS) is 13.5. The number of sulfonamides is 1. The van der Waals surface area contributed by atoms with E-state index in [-0.39, 0.29) is 5.88 Å². The maximum atomic E-state index is 11.5. The fourth-order valence-corrected chi connectivity index (χ4v) is 0.996. The molecular formula is C3H5ClF3NO2S. The van der Waals surface area contributed by atoms with Gasteiger partial charge in [-0.2, -0.15) is 13.2 Å². The number of alkyl halides is 4. The number of hydrogen-bond donors (Lipinski definition) is 1. The lowest BCUT2D eigenvalue weighted by molar-refractivity contribution is -0.0447. The first-order valence-corrected chi connectivity index (χ1v) is 4.45. The van der Waals surface area contributed by atoms with Crippen molar-refractivity contribution in [2.24, 2.45) is 0 Å². The molecule has 0 aromatic carbocycles. The van der Waals surface area contributed by atoms with Gasteiger partial charge in [0.1, 0.15) is 0 Å². The average Bonchev–Trinajstić information content (AvgIpc) is 1.81. The molecule has 0 heterocycles. The smallest absolute Gasteiger partial charge is 0.206 e. The van der Waals surface area contributed by atoms with Gasteiger partial charge in [-0.25, -0.2) is 13.1 Å². The van der Waals surface area contributed by atoms with Crippen LogP contribution in [0.15, 0.2) is 0 Å².